The lowest BCUT2D eigenvalue weighted by Gasteiger charge is -2.26. The molecule has 0 bridgehead atoms. The molecule has 3 heteroatoms. The van der Waals surface area contributed by atoms with E-state index in [1.54, 1.807) is 0 Å². The van der Waals surface area contributed by atoms with Gasteiger partial charge in [-0.25, -0.2) is 0 Å². The summed E-state index contributed by atoms with van der Waals surface area (Å²) in [6, 6.07) is 59.0. The Morgan fingerprint density at radius 1 is 0.447 bits per heavy atom. The third-order valence-electron chi connectivity index (χ3n) is 9.45. The lowest BCUT2D eigenvalue weighted by molar-refractivity contribution is 0.673. The van der Waals surface area contributed by atoms with Crippen molar-refractivity contribution in [2.45, 2.75) is 0 Å². The Labute approximate surface area is 275 Å². The second kappa shape index (κ2) is 10.3. The molecule has 0 aliphatic heterocycles. The second-order valence-electron chi connectivity index (χ2n) is 12.1. The van der Waals surface area contributed by atoms with Crippen LogP contribution in [0.15, 0.2) is 168 Å². The molecule has 0 spiro atoms. The Balaban J connectivity index is 1.20. The fraction of sp³-hybridized carbons (Fsp3) is 0. The van der Waals surface area contributed by atoms with Gasteiger partial charge in [0.15, 0.2) is 0 Å². The summed E-state index contributed by atoms with van der Waals surface area (Å²) in [5, 5.41) is 9.64. The zero-order valence-electron chi connectivity index (χ0n) is 25.4. The Bertz CT molecular complexity index is 2800. The van der Waals surface area contributed by atoms with Gasteiger partial charge in [-0.2, -0.15) is 0 Å². The van der Waals surface area contributed by atoms with E-state index in [1.807, 2.05) is 11.3 Å². The van der Waals surface area contributed by atoms with Gasteiger partial charge in [-0.15, -0.1) is 11.3 Å². The van der Waals surface area contributed by atoms with Crippen LogP contribution >= 0.6 is 11.3 Å². The van der Waals surface area contributed by atoms with Crippen LogP contribution in [0.3, 0.4) is 0 Å². The standard InChI is InChI=1S/C44H27NOS/c1-3-12-33-28(9-1)11-7-15-34(33)30-19-22-31(23-20-30)45(39-16-8-18-42-43(39)38-14-5-6-17-41(38)47-42)32-24-26-36-37-25-21-29-10-2-4-13-35(29)44(37)46-40(36)27-32/h1-27H. The molecule has 0 radical (unpaired) electrons. The average molecular weight is 618 g/mol. The number of anilines is 3. The Hall–Kier alpha value is -5.90. The van der Waals surface area contributed by atoms with Crippen LogP contribution in [0.1, 0.15) is 0 Å². The van der Waals surface area contributed by atoms with Crippen molar-refractivity contribution in [3.63, 3.8) is 0 Å². The largest absolute Gasteiger partial charge is 0.455 e. The summed E-state index contributed by atoms with van der Waals surface area (Å²) in [6.45, 7) is 0. The monoisotopic (exact) mass is 617 g/mol. The molecule has 0 atom stereocenters. The van der Waals surface area contributed by atoms with Crippen molar-refractivity contribution < 1.29 is 4.42 Å². The normalized spacial score (nSPS) is 11.8. The molecule has 0 amide bonds. The van der Waals surface area contributed by atoms with E-state index in [2.05, 4.69) is 169 Å². The minimum Gasteiger partial charge on any atom is -0.455 e. The molecule has 0 N–H and O–H groups in total. The van der Waals surface area contributed by atoms with Crippen LogP contribution in [0, 0.1) is 0 Å². The van der Waals surface area contributed by atoms with Crippen LogP contribution in [0.4, 0.5) is 17.1 Å². The molecular weight excluding hydrogens is 591 g/mol. The maximum Gasteiger partial charge on any atom is 0.143 e. The molecule has 10 aromatic rings. The predicted molar refractivity (Wildman–Crippen MR) is 202 cm³/mol. The summed E-state index contributed by atoms with van der Waals surface area (Å²) < 4.78 is 9.23. The number of benzene rings is 8. The van der Waals surface area contributed by atoms with Crippen molar-refractivity contribution >= 4 is 92.1 Å². The van der Waals surface area contributed by atoms with Crippen LogP contribution in [0.25, 0.3) is 74.8 Å². The molecule has 2 aromatic heterocycles. The van der Waals surface area contributed by atoms with Crippen molar-refractivity contribution in [3.05, 3.63) is 164 Å². The number of fused-ring (bicyclic) bond motifs is 9. The Morgan fingerprint density at radius 3 is 1.98 bits per heavy atom. The Morgan fingerprint density at radius 2 is 1.11 bits per heavy atom. The van der Waals surface area contributed by atoms with Gasteiger partial charge in [0, 0.05) is 53.8 Å². The molecule has 10 rings (SSSR count). The topological polar surface area (TPSA) is 16.4 Å². The van der Waals surface area contributed by atoms with Crippen molar-refractivity contribution in [1.82, 2.24) is 0 Å². The maximum atomic E-state index is 6.66. The number of nitrogens with zero attached hydrogens (tertiary/aromatic N) is 1. The summed E-state index contributed by atoms with van der Waals surface area (Å²) in [7, 11) is 0. The SMILES string of the molecule is c1ccc2c(-c3ccc(N(c4ccc5c(c4)oc4c6ccccc6ccc54)c4cccc5sc6ccccc6c45)cc3)cccc2c1. The highest BCUT2D eigenvalue weighted by molar-refractivity contribution is 7.26. The van der Waals surface area contributed by atoms with Gasteiger partial charge in [0.25, 0.3) is 0 Å². The zero-order valence-corrected chi connectivity index (χ0v) is 26.2. The first kappa shape index (κ1) is 26.3. The molecule has 0 aliphatic rings. The smallest absolute Gasteiger partial charge is 0.143 e. The molecule has 0 fully saturated rings. The van der Waals surface area contributed by atoms with E-state index < -0.39 is 0 Å². The van der Waals surface area contributed by atoms with E-state index in [0.717, 1.165) is 44.4 Å². The first-order chi connectivity index (χ1) is 23.3. The first-order valence-electron chi connectivity index (χ1n) is 15.9. The van der Waals surface area contributed by atoms with Crippen LogP contribution in [0.2, 0.25) is 0 Å². The van der Waals surface area contributed by atoms with Gasteiger partial charge < -0.3 is 9.32 Å². The number of hydrogen-bond donors (Lipinski definition) is 0. The highest BCUT2D eigenvalue weighted by Crippen LogP contribution is 2.46. The van der Waals surface area contributed by atoms with Gasteiger partial charge in [-0.1, -0.05) is 109 Å². The van der Waals surface area contributed by atoms with E-state index in [9.17, 15) is 0 Å². The van der Waals surface area contributed by atoms with Crippen LogP contribution < -0.4 is 4.90 Å². The molecule has 47 heavy (non-hydrogen) atoms. The van der Waals surface area contributed by atoms with Gasteiger partial charge in [0.2, 0.25) is 0 Å². The van der Waals surface area contributed by atoms with Crippen molar-refractivity contribution in [1.29, 1.82) is 0 Å². The van der Waals surface area contributed by atoms with E-state index in [-0.39, 0.29) is 0 Å². The molecule has 8 aromatic carbocycles. The molecular formula is C44H27NOS. The molecule has 0 unspecified atom stereocenters. The van der Waals surface area contributed by atoms with Crippen molar-refractivity contribution in [3.8, 4) is 11.1 Å². The minimum absolute atomic E-state index is 0.883. The van der Waals surface area contributed by atoms with Crippen molar-refractivity contribution in [2.75, 3.05) is 4.90 Å². The van der Waals surface area contributed by atoms with Gasteiger partial charge >= 0.3 is 0 Å². The molecule has 220 valence electrons. The van der Waals surface area contributed by atoms with Crippen molar-refractivity contribution in [2.24, 2.45) is 0 Å². The fourth-order valence-electron chi connectivity index (χ4n) is 7.27. The predicted octanol–water partition coefficient (Wildman–Crippen LogP) is 13.4. The molecule has 2 nitrogen and oxygen atoms in total. The number of rotatable bonds is 4. The third kappa shape index (κ3) is 4.10. The highest BCUT2D eigenvalue weighted by Gasteiger charge is 2.20. The fourth-order valence-corrected chi connectivity index (χ4v) is 8.40. The minimum atomic E-state index is 0.883. The Kier molecular flexibility index (Phi) is 5.78. The van der Waals surface area contributed by atoms with Gasteiger partial charge in [0.05, 0.1) is 5.69 Å². The van der Waals surface area contributed by atoms with Crippen LogP contribution in [-0.4, -0.2) is 0 Å². The van der Waals surface area contributed by atoms with Gasteiger partial charge in [-0.05, 0) is 75.8 Å². The van der Waals surface area contributed by atoms with Crippen LogP contribution in [-0.2, 0) is 0 Å². The summed E-state index contributed by atoms with van der Waals surface area (Å²) >= 11 is 1.85. The lowest BCUT2D eigenvalue weighted by atomic mass is 9.98. The van der Waals surface area contributed by atoms with Gasteiger partial charge in [-0.3, -0.25) is 0 Å². The third-order valence-corrected chi connectivity index (χ3v) is 10.6. The van der Waals surface area contributed by atoms with E-state index in [0.29, 0.717) is 0 Å². The molecule has 2 heterocycles. The summed E-state index contributed by atoms with van der Waals surface area (Å²) in [5.74, 6) is 0. The zero-order chi connectivity index (χ0) is 30.9. The van der Waals surface area contributed by atoms with Crippen LogP contribution in [0.5, 0.6) is 0 Å². The lowest BCUT2D eigenvalue weighted by Crippen LogP contribution is -2.10. The molecule has 0 saturated carbocycles. The first-order valence-corrected chi connectivity index (χ1v) is 16.7. The second-order valence-corrected chi connectivity index (χ2v) is 13.2. The summed E-state index contributed by atoms with van der Waals surface area (Å²) in [4.78, 5) is 2.39. The molecule has 0 aliphatic carbocycles. The molecule has 0 saturated heterocycles. The summed E-state index contributed by atoms with van der Waals surface area (Å²) in [6.07, 6.45) is 0. The highest BCUT2D eigenvalue weighted by atomic mass is 32.1. The number of thiophene rings is 1. The van der Waals surface area contributed by atoms with E-state index >= 15 is 0 Å². The average Bonchev–Trinajstić information content (AvgIpc) is 3.71. The van der Waals surface area contributed by atoms with E-state index in [4.69, 9.17) is 4.42 Å². The van der Waals surface area contributed by atoms with E-state index in [1.165, 1.54) is 47.5 Å². The maximum absolute atomic E-state index is 6.66. The van der Waals surface area contributed by atoms with Gasteiger partial charge in [0.1, 0.15) is 11.2 Å². The number of hydrogen-bond acceptors (Lipinski definition) is 3. The summed E-state index contributed by atoms with van der Waals surface area (Å²) in [5.41, 5.74) is 7.56. The quantitative estimate of drug-likeness (QED) is 0.195. The number of furan rings is 1.